The molecule has 0 bridgehead atoms. The summed E-state index contributed by atoms with van der Waals surface area (Å²) in [6, 6.07) is 13.7. The maximum atomic E-state index is 15.2. The summed E-state index contributed by atoms with van der Waals surface area (Å²) in [4.78, 5) is 40.6. The molecule has 4 heterocycles. The van der Waals surface area contributed by atoms with Crippen LogP contribution in [0.5, 0.6) is 0 Å². The highest BCUT2D eigenvalue weighted by Gasteiger charge is 2.41. The molecule has 186 valence electrons. The van der Waals surface area contributed by atoms with Gasteiger partial charge in [0, 0.05) is 26.2 Å². The quantitative estimate of drug-likeness (QED) is 0.361. The molecule has 36 heavy (non-hydrogen) atoms. The molecule has 0 N–H and O–H groups in total. The maximum Gasteiger partial charge on any atom is 0.346 e. The number of aromatic nitrogens is 4. The number of anilines is 1. The number of benzene rings is 1. The van der Waals surface area contributed by atoms with Gasteiger partial charge in [-0.2, -0.15) is 8.78 Å². The van der Waals surface area contributed by atoms with Gasteiger partial charge in [-0.05, 0) is 36.5 Å². The van der Waals surface area contributed by atoms with Crippen LogP contribution in [0.3, 0.4) is 0 Å². The summed E-state index contributed by atoms with van der Waals surface area (Å²) in [5, 5.41) is 0.455. The van der Waals surface area contributed by atoms with Gasteiger partial charge in [0.25, 0.3) is 5.56 Å². The van der Waals surface area contributed by atoms with E-state index >= 15 is 8.78 Å². The molecule has 0 radical (unpaired) electrons. The van der Waals surface area contributed by atoms with Crippen molar-refractivity contribution in [2.24, 2.45) is 7.05 Å². The second-order valence-corrected chi connectivity index (χ2v) is 10.0. The first kappa shape index (κ1) is 24.2. The molecule has 4 aromatic rings. The van der Waals surface area contributed by atoms with Gasteiger partial charge in [-0.25, -0.2) is 9.97 Å². The highest BCUT2D eigenvalue weighted by atomic mass is 32.1. The Labute approximate surface area is 210 Å². The van der Waals surface area contributed by atoms with Crippen molar-refractivity contribution in [2.75, 3.05) is 11.4 Å². The van der Waals surface area contributed by atoms with Gasteiger partial charge in [0.05, 0.1) is 6.04 Å². The van der Waals surface area contributed by atoms with Crippen molar-refractivity contribution in [3.8, 4) is 0 Å². The summed E-state index contributed by atoms with van der Waals surface area (Å²) >= 11 is 1.06. The lowest BCUT2D eigenvalue weighted by Crippen LogP contribution is -2.36. The Morgan fingerprint density at radius 2 is 1.92 bits per heavy atom. The number of nitrogens with zero attached hydrogens (tertiary/aromatic N) is 5. The Bertz CT molecular complexity index is 1460. The average Bonchev–Trinajstić information content (AvgIpc) is 3.54. The third-order valence-corrected chi connectivity index (χ3v) is 7.63. The first-order chi connectivity index (χ1) is 17.3. The van der Waals surface area contributed by atoms with Crippen molar-refractivity contribution in [2.45, 2.75) is 44.1 Å². The second-order valence-electron chi connectivity index (χ2n) is 9.07. The van der Waals surface area contributed by atoms with Crippen LogP contribution in [-0.4, -0.2) is 37.9 Å². The molecule has 0 spiro atoms. The van der Waals surface area contributed by atoms with Crippen LogP contribution in [0.4, 0.5) is 13.9 Å². The van der Waals surface area contributed by atoms with Crippen molar-refractivity contribution in [3.63, 3.8) is 0 Å². The van der Waals surface area contributed by atoms with Crippen LogP contribution >= 0.6 is 11.3 Å². The van der Waals surface area contributed by atoms with E-state index in [4.69, 9.17) is 0 Å². The number of alkyl halides is 2. The van der Waals surface area contributed by atoms with E-state index in [2.05, 4.69) is 15.0 Å². The molecule has 7 nitrogen and oxygen atoms in total. The molecule has 1 aliphatic heterocycles. The fourth-order valence-electron chi connectivity index (χ4n) is 4.68. The van der Waals surface area contributed by atoms with Crippen molar-refractivity contribution in [3.05, 3.63) is 82.2 Å². The molecule has 1 aliphatic rings. The van der Waals surface area contributed by atoms with Crippen molar-refractivity contribution >= 4 is 32.6 Å². The Morgan fingerprint density at radius 3 is 2.64 bits per heavy atom. The number of thiazole rings is 1. The normalized spacial score (nSPS) is 17.0. The number of Topliss-reactive ketones (excluding diaryl/α,β-unsaturated/α-hetero) is 1. The standard InChI is InChI=1S/C26H25F2N5O2S/c1-16(17-9-4-3-5-10-17)15-19(34)18-11-8-14-33(18)25-30-21-22(36-25)31-24(32(2)23(21)35)26(27,28)20-12-6-7-13-29-20/h3-7,9-10,12-13,16,18H,8,11,14-15H2,1-2H3/t16-,18+/m0/s1. The minimum absolute atomic E-state index is 0.0221. The minimum atomic E-state index is -3.56. The summed E-state index contributed by atoms with van der Waals surface area (Å²) < 4.78 is 31.3. The van der Waals surface area contributed by atoms with Crippen LogP contribution < -0.4 is 10.5 Å². The Kier molecular flexibility index (Phi) is 6.38. The topological polar surface area (TPSA) is 81.0 Å². The molecule has 0 amide bonds. The van der Waals surface area contributed by atoms with Gasteiger partial charge < -0.3 is 4.90 Å². The molecule has 0 aliphatic carbocycles. The Morgan fingerprint density at radius 1 is 1.17 bits per heavy atom. The number of ketones is 1. The van der Waals surface area contributed by atoms with Crippen molar-refractivity contribution in [1.29, 1.82) is 0 Å². The molecule has 5 rings (SSSR count). The fraction of sp³-hybridized carbons (Fsp3) is 0.346. The molecule has 1 fully saturated rings. The van der Waals surface area contributed by atoms with Gasteiger partial charge in [-0.3, -0.25) is 19.1 Å². The number of rotatable bonds is 7. The maximum absolute atomic E-state index is 15.2. The number of carbonyl (C=O) groups excluding carboxylic acids is 1. The van der Waals surface area contributed by atoms with Gasteiger partial charge in [0.15, 0.2) is 27.1 Å². The van der Waals surface area contributed by atoms with Crippen molar-refractivity contribution in [1.82, 2.24) is 19.5 Å². The molecule has 10 heteroatoms. The number of halogens is 2. The van der Waals surface area contributed by atoms with Crippen LogP contribution in [0.15, 0.2) is 59.5 Å². The molecular formula is C26H25F2N5O2S. The first-order valence-corrected chi connectivity index (χ1v) is 12.6. The molecule has 1 aromatic carbocycles. The summed E-state index contributed by atoms with van der Waals surface area (Å²) in [6.45, 7) is 2.63. The zero-order chi connectivity index (χ0) is 25.4. The third-order valence-electron chi connectivity index (χ3n) is 6.64. The zero-order valence-electron chi connectivity index (χ0n) is 19.9. The second kappa shape index (κ2) is 9.50. The van der Waals surface area contributed by atoms with E-state index in [9.17, 15) is 9.59 Å². The van der Waals surface area contributed by atoms with E-state index in [1.807, 2.05) is 42.2 Å². The SMILES string of the molecule is C[C@@H](CC(=O)[C@H]1CCCN1c1nc2c(=O)n(C)c(C(F)(F)c3ccccn3)nc2s1)c1ccccc1. The lowest BCUT2D eigenvalue weighted by molar-refractivity contribution is -0.120. The van der Waals surface area contributed by atoms with Gasteiger partial charge in [0.2, 0.25) is 0 Å². The monoisotopic (exact) mass is 509 g/mol. The Balaban J connectivity index is 1.45. The van der Waals surface area contributed by atoms with E-state index in [0.717, 1.165) is 27.9 Å². The third kappa shape index (κ3) is 4.30. The largest absolute Gasteiger partial charge is 0.346 e. The molecule has 1 saturated heterocycles. The number of fused-ring (bicyclic) bond motifs is 1. The number of carbonyl (C=O) groups is 1. The summed E-state index contributed by atoms with van der Waals surface area (Å²) in [7, 11) is 1.26. The number of hydrogen-bond acceptors (Lipinski definition) is 7. The van der Waals surface area contributed by atoms with E-state index in [1.54, 1.807) is 6.07 Å². The van der Waals surface area contributed by atoms with Gasteiger partial charge in [0.1, 0.15) is 5.69 Å². The summed E-state index contributed by atoms with van der Waals surface area (Å²) in [6.07, 6.45) is 3.15. The smallest absolute Gasteiger partial charge is 0.338 e. The molecule has 3 aromatic heterocycles. The predicted octanol–water partition coefficient (Wildman–Crippen LogP) is 4.66. The predicted molar refractivity (Wildman–Crippen MR) is 135 cm³/mol. The van der Waals surface area contributed by atoms with Gasteiger partial charge in [-0.1, -0.05) is 54.7 Å². The molecule has 0 unspecified atom stereocenters. The fourth-order valence-corrected chi connectivity index (χ4v) is 5.68. The molecular weight excluding hydrogens is 484 g/mol. The van der Waals surface area contributed by atoms with Gasteiger partial charge >= 0.3 is 5.92 Å². The summed E-state index contributed by atoms with van der Waals surface area (Å²) in [5.41, 5.74) is -0.0273. The first-order valence-electron chi connectivity index (χ1n) is 11.8. The molecule has 0 saturated carbocycles. The molecule has 2 atom stereocenters. The highest BCUT2D eigenvalue weighted by molar-refractivity contribution is 7.21. The average molecular weight is 510 g/mol. The van der Waals surface area contributed by atoms with Crippen LogP contribution in [0.25, 0.3) is 10.3 Å². The Hall–Kier alpha value is -3.53. The van der Waals surface area contributed by atoms with E-state index in [0.29, 0.717) is 24.5 Å². The lowest BCUT2D eigenvalue weighted by Gasteiger charge is -2.24. The number of hydrogen-bond donors (Lipinski definition) is 0. The van der Waals surface area contributed by atoms with Crippen LogP contribution in [0.1, 0.15) is 49.2 Å². The van der Waals surface area contributed by atoms with E-state index < -0.39 is 23.0 Å². The summed E-state index contributed by atoms with van der Waals surface area (Å²) in [5.74, 6) is -4.08. The van der Waals surface area contributed by atoms with Crippen LogP contribution in [-0.2, 0) is 17.8 Å². The van der Waals surface area contributed by atoms with Gasteiger partial charge in [-0.15, -0.1) is 0 Å². The highest BCUT2D eigenvalue weighted by Crippen LogP contribution is 2.36. The number of pyridine rings is 1. The minimum Gasteiger partial charge on any atom is -0.338 e. The van der Waals surface area contributed by atoms with Crippen LogP contribution in [0, 0.1) is 0 Å². The lowest BCUT2D eigenvalue weighted by atomic mass is 9.93. The van der Waals surface area contributed by atoms with E-state index in [-0.39, 0.29) is 28.1 Å². The van der Waals surface area contributed by atoms with E-state index in [1.165, 1.54) is 25.4 Å². The zero-order valence-corrected chi connectivity index (χ0v) is 20.7. The van der Waals surface area contributed by atoms with Crippen molar-refractivity contribution < 1.29 is 13.6 Å². The van der Waals surface area contributed by atoms with Crippen LogP contribution in [0.2, 0.25) is 0 Å².